The van der Waals surface area contributed by atoms with Crippen LogP contribution in [0.2, 0.25) is 0 Å². The summed E-state index contributed by atoms with van der Waals surface area (Å²) in [5, 5.41) is 0. The molecule has 0 unspecified atom stereocenters. The van der Waals surface area contributed by atoms with Gasteiger partial charge >= 0.3 is 0 Å². The Morgan fingerprint density at radius 2 is 1.86 bits per heavy atom. The zero-order chi connectivity index (χ0) is 9.97. The molecule has 1 heterocycles. The Hall–Kier alpha value is -1.08. The first-order valence-corrected chi connectivity index (χ1v) is 5.17. The first kappa shape index (κ1) is 9.47. The largest absolute Gasteiger partial charge is 0.371 e. The highest BCUT2D eigenvalue weighted by Gasteiger charge is 2.16. The van der Waals surface area contributed by atoms with Gasteiger partial charge in [0, 0.05) is 0 Å². The molecule has 1 nitrogen and oxygen atoms in total. The molecular weight excluding hydrogens is 172 g/mol. The molecule has 0 aromatic heterocycles. The van der Waals surface area contributed by atoms with Crippen molar-refractivity contribution in [1.29, 1.82) is 0 Å². The molecule has 0 saturated carbocycles. The highest BCUT2D eigenvalue weighted by atomic mass is 16.5. The lowest BCUT2D eigenvalue weighted by Gasteiger charge is -2.25. The number of benzene rings is 1. The number of rotatable bonds is 1. The fraction of sp³-hybridized carbons (Fsp3) is 0.385. The minimum atomic E-state index is 0.244. The third-order valence-electron chi connectivity index (χ3n) is 2.53. The fourth-order valence-electron chi connectivity index (χ4n) is 1.98. The summed E-state index contributed by atoms with van der Waals surface area (Å²) in [5.41, 5.74) is 2.74. The maximum absolute atomic E-state index is 5.66. The van der Waals surface area contributed by atoms with Gasteiger partial charge in [-0.2, -0.15) is 0 Å². The zero-order valence-corrected chi connectivity index (χ0v) is 8.73. The van der Waals surface area contributed by atoms with Crippen LogP contribution in [0.1, 0.15) is 25.8 Å². The van der Waals surface area contributed by atoms with Gasteiger partial charge in [-0.3, -0.25) is 0 Å². The lowest BCUT2D eigenvalue weighted by atomic mass is 9.96. The summed E-state index contributed by atoms with van der Waals surface area (Å²) in [6, 6.07) is 10.5. The highest BCUT2D eigenvalue weighted by Crippen LogP contribution is 2.26. The summed E-state index contributed by atoms with van der Waals surface area (Å²) < 4.78 is 5.66. The zero-order valence-electron chi connectivity index (χ0n) is 8.73. The molecule has 1 aliphatic rings. The lowest BCUT2D eigenvalue weighted by Crippen LogP contribution is -2.20. The van der Waals surface area contributed by atoms with Crippen LogP contribution in [-0.2, 0) is 4.74 Å². The van der Waals surface area contributed by atoms with Gasteiger partial charge < -0.3 is 4.74 Å². The molecule has 74 valence electrons. The molecule has 1 heteroatoms. The second-order valence-electron chi connectivity index (χ2n) is 3.91. The summed E-state index contributed by atoms with van der Waals surface area (Å²) in [6.07, 6.45) is 3.82. The van der Waals surface area contributed by atoms with Crippen molar-refractivity contribution in [3.8, 4) is 0 Å². The molecule has 0 amide bonds. The topological polar surface area (TPSA) is 9.23 Å². The smallest absolute Gasteiger partial charge is 0.0737 e. The Labute approximate surface area is 85.4 Å². The molecule has 14 heavy (non-hydrogen) atoms. The average molecular weight is 188 g/mol. The van der Waals surface area contributed by atoms with Crippen molar-refractivity contribution in [2.75, 3.05) is 0 Å². The lowest BCUT2D eigenvalue weighted by molar-refractivity contribution is 0.0304. The fourth-order valence-corrected chi connectivity index (χ4v) is 1.98. The molecule has 0 aliphatic carbocycles. The van der Waals surface area contributed by atoms with Crippen molar-refractivity contribution < 1.29 is 4.74 Å². The van der Waals surface area contributed by atoms with Gasteiger partial charge in [0.15, 0.2) is 0 Å². The second kappa shape index (κ2) is 3.97. The predicted octanol–water partition coefficient (Wildman–Crippen LogP) is 3.27. The molecular formula is C13H16O. The van der Waals surface area contributed by atoms with Crippen molar-refractivity contribution in [1.82, 2.24) is 0 Å². The summed E-state index contributed by atoms with van der Waals surface area (Å²) in [6.45, 7) is 4.23. The molecule has 0 radical (unpaired) electrons. The number of ether oxygens (including phenoxy) is 1. The van der Waals surface area contributed by atoms with Gasteiger partial charge in [-0.05, 0) is 31.4 Å². The van der Waals surface area contributed by atoms with E-state index in [4.69, 9.17) is 4.74 Å². The predicted molar refractivity (Wildman–Crippen MR) is 59.0 cm³/mol. The van der Waals surface area contributed by atoms with E-state index in [0.717, 1.165) is 6.42 Å². The second-order valence-corrected chi connectivity index (χ2v) is 3.91. The molecule has 2 atom stereocenters. The van der Waals surface area contributed by atoms with Crippen LogP contribution in [-0.4, -0.2) is 12.2 Å². The van der Waals surface area contributed by atoms with E-state index in [-0.39, 0.29) is 6.10 Å². The Balaban J connectivity index is 2.26. The van der Waals surface area contributed by atoms with Crippen molar-refractivity contribution in [3.05, 3.63) is 42.0 Å². The van der Waals surface area contributed by atoms with Gasteiger partial charge in [-0.1, -0.05) is 36.4 Å². The van der Waals surface area contributed by atoms with Crippen LogP contribution >= 0.6 is 0 Å². The Morgan fingerprint density at radius 1 is 1.14 bits per heavy atom. The van der Waals surface area contributed by atoms with Crippen LogP contribution in [0.4, 0.5) is 0 Å². The molecule has 1 aromatic carbocycles. The normalized spacial score (nSPS) is 27.1. The van der Waals surface area contributed by atoms with Crippen LogP contribution in [0.15, 0.2) is 36.4 Å². The van der Waals surface area contributed by atoms with Crippen LogP contribution in [0.25, 0.3) is 5.57 Å². The number of hydrogen-bond acceptors (Lipinski definition) is 1. The van der Waals surface area contributed by atoms with E-state index in [9.17, 15) is 0 Å². The summed E-state index contributed by atoms with van der Waals surface area (Å²) >= 11 is 0. The summed E-state index contributed by atoms with van der Waals surface area (Å²) in [4.78, 5) is 0. The minimum absolute atomic E-state index is 0.244. The maximum atomic E-state index is 5.66. The Bertz CT molecular complexity index is 326. The van der Waals surface area contributed by atoms with Gasteiger partial charge in [0.25, 0.3) is 0 Å². The molecule has 0 bridgehead atoms. The van der Waals surface area contributed by atoms with Crippen LogP contribution in [0.3, 0.4) is 0 Å². The van der Waals surface area contributed by atoms with Gasteiger partial charge in [0.1, 0.15) is 0 Å². The highest BCUT2D eigenvalue weighted by molar-refractivity contribution is 5.66. The molecule has 1 aliphatic heterocycles. The quantitative estimate of drug-likeness (QED) is 0.657. The van der Waals surface area contributed by atoms with E-state index in [1.807, 2.05) is 0 Å². The third-order valence-corrected chi connectivity index (χ3v) is 2.53. The van der Waals surface area contributed by atoms with Crippen LogP contribution < -0.4 is 0 Å². The standard InChI is InChI=1S/C13H16O/c1-10-8-13(9-11(2)14-10)12-6-4-3-5-7-12/h3-8,10-11H,9H2,1-2H3/t10-,11-/m0/s1. The van der Waals surface area contributed by atoms with E-state index in [1.54, 1.807) is 0 Å². The molecule has 1 aromatic rings. The monoisotopic (exact) mass is 188 g/mol. The molecule has 0 fully saturated rings. The Kier molecular flexibility index (Phi) is 2.69. The minimum Gasteiger partial charge on any atom is -0.371 e. The molecule has 0 saturated heterocycles. The van der Waals surface area contributed by atoms with Crippen molar-refractivity contribution in [2.45, 2.75) is 32.5 Å². The first-order chi connectivity index (χ1) is 6.75. The Morgan fingerprint density at radius 3 is 2.50 bits per heavy atom. The van der Waals surface area contributed by atoms with Crippen molar-refractivity contribution in [2.24, 2.45) is 0 Å². The van der Waals surface area contributed by atoms with E-state index < -0.39 is 0 Å². The van der Waals surface area contributed by atoms with Gasteiger partial charge in [0.05, 0.1) is 12.2 Å². The molecule has 0 spiro atoms. The molecule has 0 N–H and O–H groups in total. The van der Waals surface area contributed by atoms with Gasteiger partial charge in [0.2, 0.25) is 0 Å². The summed E-state index contributed by atoms with van der Waals surface area (Å²) in [7, 11) is 0. The van der Waals surface area contributed by atoms with E-state index in [2.05, 4.69) is 50.3 Å². The van der Waals surface area contributed by atoms with Crippen LogP contribution in [0, 0.1) is 0 Å². The van der Waals surface area contributed by atoms with Crippen LogP contribution in [0.5, 0.6) is 0 Å². The number of hydrogen-bond donors (Lipinski definition) is 0. The SMILES string of the molecule is C[C@H]1C=C(c2ccccc2)C[C@H](C)O1. The first-order valence-electron chi connectivity index (χ1n) is 5.17. The van der Waals surface area contributed by atoms with Gasteiger partial charge in [-0.25, -0.2) is 0 Å². The average Bonchev–Trinajstić information content (AvgIpc) is 2.18. The summed E-state index contributed by atoms with van der Waals surface area (Å²) in [5.74, 6) is 0. The van der Waals surface area contributed by atoms with Crippen molar-refractivity contribution in [3.63, 3.8) is 0 Å². The molecule has 2 rings (SSSR count). The van der Waals surface area contributed by atoms with E-state index in [0.29, 0.717) is 6.10 Å². The van der Waals surface area contributed by atoms with Crippen molar-refractivity contribution >= 4 is 5.57 Å². The van der Waals surface area contributed by atoms with E-state index in [1.165, 1.54) is 11.1 Å². The maximum Gasteiger partial charge on any atom is 0.0737 e. The van der Waals surface area contributed by atoms with Gasteiger partial charge in [-0.15, -0.1) is 0 Å². The van der Waals surface area contributed by atoms with E-state index >= 15 is 0 Å². The third kappa shape index (κ3) is 2.05.